The Labute approximate surface area is 142 Å². The van der Waals surface area contributed by atoms with E-state index in [-0.39, 0.29) is 17.8 Å². The van der Waals surface area contributed by atoms with Gasteiger partial charge in [0.2, 0.25) is 5.82 Å². The summed E-state index contributed by atoms with van der Waals surface area (Å²) in [5, 5.41) is 19.8. The van der Waals surface area contributed by atoms with Crippen LogP contribution < -0.4 is 5.32 Å². The van der Waals surface area contributed by atoms with Gasteiger partial charge in [-0.3, -0.25) is 9.20 Å². The number of benzene rings is 1. The largest absolute Gasteiger partial charge is 0.387 e. The van der Waals surface area contributed by atoms with E-state index in [0.29, 0.717) is 0 Å². The lowest BCUT2D eigenvalue weighted by molar-refractivity contribution is 0.0915. The van der Waals surface area contributed by atoms with Crippen LogP contribution in [0.1, 0.15) is 39.8 Å². The molecule has 0 fully saturated rings. The van der Waals surface area contributed by atoms with Crippen LogP contribution in [0, 0.1) is 6.92 Å². The predicted molar refractivity (Wildman–Crippen MR) is 86.4 cm³/mol. The van der Waals surface area contributed by atoms with Crippen LogP contribution in [0.25, 0.3) is 5.65 Å². The topological polar surface area (TPSA) is 79.5 Å². The average molecular weight is 346 g/mol. The molecule has 1 amide bonds. The summed E-state index contributed by atoms with van der Waals surface area (Å²) in [6.07, 6.45) is -2.40. The summed E-state index contributed by atoms with van der Waals surface area (Å²) in [6.45, 7) is 1.87. The number of aliphatic hydroxyl groups is 1. The fourth-order valence-electron chi connectivity index (χ4n) is 2.55. The van der Waals surface area contributed by atoms with E-state index >= 15 is 0 Å². The van der Waals surface area contributed by atoms with Crippen molar-refractivity contribution in [2.24, 2.45) is 0 Å². The van der Waals surface area contributed by atoms with Crippen LogP contribution in [-0.2, 0) is 0 Å². The molecule has 0 bridgehead atoms. The number of nitrogens with one attached hydrogen (secondary N) is 1. The van der Waals surface area contributed by atoms with E-state index in [1.807, 2.05) is 19.1 Å². The second kappa shape index (κ2) is 6.94. The van der Waals surface area contributed by atoms with E-state index in [4.69, 9.17) is 0 Å². The molecule has 0 aliphatic heterocycles. The Bertz CT molecular complexity index is 911. The van der Waals surface area contributed by atoms with Gasteiger partial charge in [-0.15, -0.1) is 10.2 Å². The second-order valence-electron chi connectivity index (χ2n) is 5.59. The third kappa shape index (κ3) is 3.48. The Morgan fingerprint density at radius 3 is 2.72 bits per heavy atom. The van der Waals surface area contributed by atoms with Crippen LogP contribution in [0.5, 0.6) is 0 Å². The Morgan fingerprint density at radius 1 is 1.24 bits per heavy atom. The number of aryl methyl sites for hydroxylation is 1. The molecule has 1 unspecified atom stereocenters. The van der Waals surface area contributed by atoms with Crippen molar-refractivity contribution in [1.82, 2.24) is 19.9 Å². The number of aliphatic hydroxyl groups excluding tert-OH is 1. The average Bonchev–Trinajstić information content (AvgIpc) is 3.03. The fourth-order valence-corrected chi connectivity index (χ4v) is 2.55. The number of pyridine rings is 1. The Kier molecular flexibility index (Phi) is 4.71. The van der Waals surface area contributed by atoms with Crippen LogP contribution in [0.4, 0.5) is 8.78 Å². The number of carbonyl (C=O) groups excluding carboxylic acids is 1. The van der Waals surface area contributed by atoms with Gasteiger partial charge in [0.25, 0.3) is 12.3 Å². The summed E-state index contributed by atoms with van der Waals surface area (Å²) in [4.78, 5) is 12.2. The fraction of sp³-hybridized carbons (Fsp3) is 0.235. The van der Waals surface area contributed by atoms with Gasteiger partial charge in [0.05, 0.1) is 11.7 Å². The number of hydrogen-bond donors (Lipinski definition) is 2. The molecule has 3 rings (SSSR count). The van der Waals surface area contributed by atoms with Crippen LogP contribution in [0.2, 0.25) is 0 Å². The van der Waals surface area contributed by atoms with Gasteiger partial charge in [0, 0.05) is 12.7 Å². The van der Waals surface area contributed by atoms with Crippen molar-refractivity contribution in [3.63, 3.8) is 0 Å². The number of alkyl halides is 2. The molecular weight excluding hydrogens is 330 g/mol. The van der Waals surface area contributed by atoms with Gasteiger partial charge in [0.15, 0.2) is 5.65 Å². The summed E-state index contributed by atoms with van der Waals surface area (Å²) in [5.41, 5.74) is 2.03. The van der Waals surface area contributed by atoms with Crippen molar-refractivity contribution < 1.29 is 18.7 Å². The minimum atomic E-state index is -2.80. The summed E-state index contributed by atoms with van der Waals surface area (Å²) >= 11 is 0. The zero-order valence-electron chi connectivity index (χ0n) is 13.4. The maximum absolute atomic E-state index is 12.9. The summed E-state index contributed by atoms with van der Waals surface area (Å²) < 4.78 is 26.9. The predicted octanol–water partition coefficient (Wildman–Crippen LogP) is 2.44. The highest BCUT2D eigenvalue weighted by atomic mass is 19.3. The summed E-state index contributed by atoms with van der Waals surface area (Å²) in [6, 6.07) is 10.2. The lowest BCUT2D eigenvalue weighted by Gasteiger charge is -2.14. The summed E-state index contributed by atoms with van der Waals surface area (Å²) in [5.74, 6) is -1.01. The molecule has 1 aromatic carbocycles. The number of nitrogens with zero attached hydrogens (tertiary/aromatic N) is 3. The molecule has 0 spiro atoms. The van der Waals surface area contributed by atoms with Gasteiger partial charge in [-0.2, -0.15) is 0 Å². The molecule has 2 N–H and O–H groups in total. The first-order valence-corrected chi connectivity index (χ1v) is 7.62. The lowest BCUT2D eigenvalue weighted by Crippen LogP contribution is -2.28. The van der Waals surface area contributed by atoms with Crippen molar-refractivity contribution in [2.45, 2.75) is 19.5 Å². The van der Waals surface area contributed by atoms with E-state index in [0.717, 1.165) is 15.5 Å². The second-order valence-corrected chi connectivity index (χ2v) is 5.59. The zero-order valence-corrected chi connectivity index (χ0v) is 13.4. The maximum atomic E-state index is 12.9. The Hall–Kier alpha value is -2.87. The molecule has 0 saturated carbocycles. The Balaban J connectivity index is 1.74. The highest BCUT2D eigenvalue weighted by Crippen LogP contribution is 2.19. The number of halogens is 2. The Morgan fingerprint density at radius 2 is 2.00 bits per heavy atom. The molecule has 0 radical (unpaired) electrons. The van der Waals surface area contributed by atoms with Gasteiger partial charge in [-0.1, -0.05) is 24.3 Å². The number of aromatic nitrogens is 3. The monoisotopic (exact) mass is 346 g/mol. The first-order chi connectivity index (χ1) is 12.0. The van der Waals surface area contributed by atoms with Crippen LogP contribution in [0.15, 0.2) is 42.6 Å². The molecule has 2 aromatic heterocycles. The molecule has 8 heteroatoms. The van der Waals surface area contributed by atoms with E-state index in [1.54, 1.807) is 12.1 Å². The standard InChI is InChI=1S/C17H16F2N4O2/c1-10-4-2-3-5-12(10)13(24)8-20-17(25)11-6-7-14-21-22-16(15(18)19)23(14)9-11/h2-7,9,13,15,24H,8H2,1H3,(H,20,25). The number of hydrogen-bond acceptors (Lipinski definition) is 4. The van der Waals surface area contributed by atoms with Crippen LogP contribution >= 0.6 is 0 Å². The quantitative estimate of drug-likeness (QED) is 0.744. The van der Waals surface area contributed by atoms with E-state index in [2.05, 4.69) is 15.5 Å². The van der Waals surface area contributed by atoms with Crippen molar-refractivity contribution in [1.29, 1.82) is 0 Å². The van der Waals surface area contributed by atoms with Crippen molar-refractivity contribution in [3.05, 3.63) is 65.1 Å². The van der Waals surface area contributed by atoms with E-state index in [1.165, 1.54) is 18.3 Å². The van der Waals surface area contributed by atoms with E-state index < -0.39 is 24.3 Å². The van der Waals surface area contributed by atoms with Gasteiger partial charge in [-0.25, -0.2) is 8.78 Å². The maximum Gasteiger partial charge on any atom is 0.297 e. The van der Waals surface area contributed by atoms with Gasteiger partial charge < -0.3 is 10.4 Å². The van der Waals surface area contributed by atoms with Gasteiger partial charge in [0.1, 0.15) is 0 Å². The summed E-state index contributed by atoms with van der Waals surface area (Å²) in [7, 11) is 0. The molecule has 0 aliphatic rings. The SMILES string of the molecule is Cc1ccccc1C(O)CNC(=O)c1ccc2nnc(C(F)F)n2c1. The molecule has 3 aromatic rings. The zero-order chi connectivity index (χ0) is 18.0. The van der Waals surface area contributed by atoms with Crippen LogP contribution in [-0.4, -0.2) is 32.2 Å². The molecular formula is C17H16F2N4O2. The smallest absolute Gasteiger partial charge is 0.297 e. The van der Waals surface area contributed by atoms with E-state index in [9.17, 15) is 18.7 Å². The molecule has 0 saturated heterocycles. The first-order valence-electron chi connectivity index (χ1n) is 7.62. The molecule has 130 valence electrons. The molecule has 2 heterocycles. The third-order valence-electron chi connectivity index (χ3n) is 3.89. The van der Waals surface area contributed by atoms with Gasteiger partial charge >= 0.3 is 0 Å². The minimum absolute atomic E-state index is 0.00556. The lowest BCUT2D eigenvalue weighted by atomic mass is 10.0. The minimum Gasteiger partial charge on any atom is -0.387 e. The van der Waals surface area contributed by atoms with Gasteiger partial charge in [-0.05, 0) is 30.2 Å². The highest BCUT2D eigenvalue weighted by Gasteiger charge is 2.18. The van der Waals surface area contributed by atoms with Crippen molar-refractivity contribution in [3.8, 4) is 0 Å². The number of amides is 1. The highest BCUT2D eigenvalue weighted by molar-refractivity contribution is 5.94. The van der Waals surface area contributed by atoms with Crippen LogP contribution in [0.3, 0.4) is 0 Å². The number of rotatable bonds is 5. The third-order valence-corrected chi connectivity index (χ3v) is 3.89. The molecule has 6 nitrogen and oxygen atoms in total. The molecule has 1 atom stereocenters. The number of carbonyl (C=O) groups is 1. The molecule has 0 aliphatic carbocycles. The van der Waals surface area contributed by atoms with Crippen molar-refractivity contribution >= 4 is 11.6 Å². The van der Waals surface area contributed by atoms with Crippen molar-refractivity contribution in [2.75, 3.05) is 6.54 Å². The number of fused-ring (bicyclic) bond motifs is 1. The first kappa shape index (κ1) is 17.0. The molecule has 25 heavy (non-hydrogen) atoms. The normalized spacial score (nSPS) is 12.5.